The normalized spacial score (nSPS) is 20.7. The van der Waals surface area contributed by atoms with Gasteiger partial charge in [-0.2, -0.15) is 4.98 Å². The van der Waals surface area contributed by atoms with Crippen LogP contribution in [-0.2, 0) is 0 Å². The molecule has 1 aliphatic heterocycles. The van der Waals surface area contributed by atoms with Crippen molar-refractivity contribution in [3.63, 3.8) is 0 Å². The summed E-state index contributed by atoms with van der Waals surface area (Å²) in [5.41, 5.74) is 0. The number of hydrogen-bond donors (Lipinski definition) is 2. The maximum atomic E-state index is 11.9. The molecule has 106 valence electrons. The van der Waals surface area contributed by atoms with Crippen molar-refractivity contribution in [2.45, 2.75) is 52.1 Å². The Morgan fingerprint density at radius 2 is 2.32 bits per heavy atom. The minimum Gasteiger partial charge on any atom is -0.347 e. The zero-order chi connectivity index (χ0) is 13.8. The van der Waals surface area contributed by atoms with E-state index in [1.165, 1.54) is 0 Å². The van der Waals surface area contributed by atoms with Crippen molar-refractivity contribution in [2.75, 3.05) is 6.54 Å². The van der Waals surface area contributed by atoms with Crippen LogP contribution in [0.1, 0.15) is 62.6 Å². The van der Waals surface area contributed by atoms with Crippen molar-refractivity contribution in [1.29, 1.82) is 0 Å². The molecule has 6 heteroatoms. The first-order valence-corrected chi connectivity index (χ1v) is 6.94. The molecule has 0 saturated carbocycles. The molecule has 1 aromatic rings. The van der Waals surface area contributed by atoms with Crippen LogP contribution >= 0.6 is 0 Å². The van der Waals surface area contributed by atoms with Gasteiger partial charge in [-0.15, -0.1) is 0 Å². The number of hydrogen-bond acceptors (Lipinski definition) is 5. The van der Waals surface area contributed by atoms with E-state index in [1.54, 1.807) is 0 Å². The van der Waals surface area contributed by atoms with Gasteiger partial charge in [-0.25, -0.2) is 0 Å². The summed E-state index contributed by atoms with van der Waals surface area (Å²) >= 11 is 0. The number of aromatic nitrogens is 2. The van der Waals surface area contributed by atoms with E-state index < -0.39 is 0 Å². The molecule has 2 unspecified atom stereocenters. The highest BCUT2D eigenvalue weighted by atomic mass is 16.5. The molecule has 0 bridgehead atoms. The lowest BCUT2D eigenvalue weighted by Gasteiger charge is -2.14. The lowest BCUT2D eigenvalue weighted by molar-refractivity contribution is 0.0922. The van der Waals surface area contributed by atoms with Gasteiger partial charge < -0.3 is 15.2 Å². The third kappa shape index (κ3) is 3.76. The van der Waals surface area contributed by atoms with Gasteiger partial charge in [0.1, 0.15) is 0 Å². The monoisotopic (exact) mass is 266 g/mol. The van der Waals surface area contributed by atoms with Crippen LogP contribution in [0.5, 0.6) is 0 Å². The standard InChI is InChI=1S/C13H22N4O2/c1-8(2)7-9(3)15-12(18)11-16-13(19-17-11)10-5-4-6-14-10/h8-10,14H,4-7H2,1-3H3,(H,15,18). The molecule has 1 fully saturated rings. The molecular formula is C13H22N4O2. The number of nitrogens with zero attached hydrogens (tertiary/aromatic N) is 2. The first-order valence-electron chi connectivity index (χ1n) is 6.94. The molecule has 1 saturated heterocycles. The van der Waals surface area contributed by atoms with Crippen LogP contribution in [0.2, 0.25) is 0 Å². The summed E-state index contributed by atoms with van der Waals surface area (Å²) < 4.78 is 5.15. The third-order valence-electron chi connectivity index (χ3n) is 3.21. The Hall–Kier alpha value is -1.43. The molecule has 1 amide bonds. The average Bonchev–Trinajstić information content (AvgIpc) is 2.99. The second-order valence-corrected chi connectivity index (χ2v) is 5.61. The predicted molar refractivity (Wildman–Crippen MR) is 70.7 cm³/mol. The number of carbonyl (C=O) groups is 1. The summed E-state index contributed by atoms with van der Waals surface area (Å²) in [5, 5.41) is 9.91. The average molecular weight is 266 g/mol. The third-order valence-corrected chi connectivity index (χ3v) is 3.21. The number of nitrogens with one attached hydrogen (secondary N) is 2. The summed E-state index contributed by atoms with van der Waals surface area (Å²) in [5.74, 6) is 0.915. The van der Waals surface area contributed by atoms with E-state index in [9.17, 15) is 4.79 Å². The van der Waals surface area contributed by atoms with Gasteiger partial charge in [-0.05, 0) is 38.6 Å². The lowest BCUT2D eigenvalue weighted by Crippen LogP contribution is -2.34. The molecule has 19 heavy (non-hydrogen) atoms. The van der Waals surface area contributed by atoms with Crippen molar-refractivity contribution in [1.82, 2.24) is 20.8 Å². The molecule has 1 aliphatic rings. The zero-order valence-electron chi connectivity index (χ0n) is 11.8. The van der Waals surface area contributed by atoms with Gasteiger partial charge >= 0.3 is 0 Å². The Morgan fingerprint density at radius 3 is 2.95 bits per heavy atom. The SMILES string of the molecule is CC(C)CC(C)NC(=O)c1noc(C2CCCN2)n1. The van der Waals surface area contributed by atoms with Crippen LogP contribution in [0, 0.1) is 5.92 Å². The summed E-state index contributed by atoms with van der Waals surface area (Å²) in [6, 6.07) is 0.209. The first-order chi connectivity index (χ1) is 9.06. The lowest BCUT2D eigenvalue weighted by atomic mass is 10.1. The summed E-state index contributed by atoms with van der Waals surface area (Å²) in [6.07, 6.45) is 3.01. The van der Waals surface area contributed by atoms with Gasteiger partial charge in [0.2, 0.25) is 5.89 Å². The molecule has 0 radical (unpaired) electrons. The Labute approximate surface area is 113 Å². The first kappa shape index (κ1) is 14.0. The molecule has 2 N–H and O–H groups in total. The van der Waals surface area contributed by atoms with E-state index in [-0.39, 0.29) is 23.8 Å². The number of carbonyl (C=O) groups excluding carboxylic acids is 1. The maximum Gasteiger partial charge on any atom is 0.292 e. The van der Waals surface area contributed by atoms with E-state index in [1.807, 2.05) is 6.92 Å². The van der Waals surface area contributed by atoms with Crippen molar-refractivity contribution in [3.05, 3.63) is 11.7 Å². The highest BCUT2D eigenvalue weighted by molar-refractivity contribution is 5.90. The molecule has 0 spiro atoms. The van der Waals surface area contributed by atoms with Crippen LogP contribution in [0.4, 0.5) is 0 Å². The molecule has 2 atom stereocenters. The fourth-order valence-corrected chi connectivity index (χ4v) is 2.42. The van der Waals surface area contributed by atoms with E-state index in [4.69, 9.17) is 4.52 Å². The second kappa shape index (κ2) is 6.14. The Bertz CT molecular complexity index is 424. The molecule has 6 nitrogen and oxygen atoms in total. The maximum absolute atomic E-state index is 11.9. The molecular weight excluding hydrogens is 244 g/mol. The van der Waals surface area contributed by atoms with Crippen LogP contribution < -0.4 is 10.6 Å². The van der Waals surface area contributed by atoms with Crippen molar-refractivity contribution < 1.29 is 9.32 Å². The quantitative estimate of drug-likeness (QED) is 0.847. The van der Waals surface area contributed by atoms with E-state index in [2.05, 4.69) is 34.6 Å². The Kier molecular flexibility index (Phi) is 4.52. The van der Waals surface area contributed by atoms with Gasteiger partial charge in [0.25, 0.3) is 11.7 Å². The highest BCUT2D eigenvalue weighted by Gasteiger charge is 2.24. The number of rotatable bonds is 5. The molecule has 0 aromatic carbocycles. The molecule has 2 rings (SSSR count). The van der Waals surface area contributed by atoms with Gasteiger partial charge in [0.15, 0.2) is 0 Å². The van der Waals surface area contributed by atoms with Crippen molar-refractivity contribution in [2.24, 2.45) is 5.92 Å². The minimum absolute atomic E-state index is 0.0992. The van der Waals surface area contributed by atoms with Gasteiger partial charge in [-0.3, -0.25) is 4.79 Å². The van der Waals surface area contributed by atoms with E-state index in [0.717, 1.165) is 25.8 Å². The molecule has 0 aliphatic carbocycles. The van der Waals surface area contributed by atoms with Crippen molar-refractivity contribution >= 4 is 5.91 Å². The second-order valence-electron chi connectivity index (χ2n) is 5.61. The predicted octanol–water partition coefficient (Wildman–Crippen LogP) is 1.66. The molecule has 2 heterocycles. The van der Waals surface area contributed by atoms with E-state index >= 15 is 0 Å². The Balaban J connectivity index is 1.92. The van der Waals surface area contributed by atoms with Gasteiger partial charge in [0, 0.05) is 6.04 Å². The van der Waals surface area contributed by atoms with Gasteiger partial charge in [0.05, 0.1) is 6.04 Å². The van der Waals surface area contributed by atoms with Crippen LogP contribution in [0.25, 0.3) is 0 Å². The fourth-order valence-electron chi connectivity index (χ4n) is 2.42. The summed E-state index contributed by atoms with van der Waals surface area (Å²) in [7, 11) is 0. The summed E-state index contributed by atoms with van der Waals surface area (Å²) in [4.78, 5) is 16.1. The van der Waals surface area contributed by atoms with Crippen LogP contribution in [-0.4, -0.2) is 28.6 Å². The fraction of sp³-hybridized carbons (Fsp3) is 0.769. The van der Waals surface area contributed by atoms with Crippen LogP contribution in [0.3, 0.4) is 0 Å². The largest absolute Gasteiger partial charge is 0.347 e. The van der Waals surface area contributed by atoms with E-state index in [0.29, 0.717) is 11.8 Å². The topological polar surface area (TPSA) is 80.0 Å². The Morgan fingerprint density at radius 1 is 1.53 bits per heavy atom. The highest BCUT2D eigenvalue weighted by Crippen LogP contribution is 2.21. The zero-order valence-corrected chi connectivity index (χ0v) is 11.8. The van der Waals surface area contributed by atoms with Crippen LogP contribution in [0.15, 0.2) is 4.52 Å². The van der Waals surface area contributed by atoms with Gasteiger partial charge in [-0.1, -0.05) is 19.0 Å². The summed E-state index contributed by atoms with van der Waals surface area (Å²) in [6.45, 7) is 7.19. The van der Waals surface area contributed by atoms with Crippen molar-refractivity contribution in [3.8, 4) is 0 Å². The minimum atomic E-state index is -0.263. The molecule has 1 aromatic heterocycles. The number of amides is 1. The smallest absolute Gasteiger partial charge is 0.292 e.